The smallest absolute Gasteiger partial charge is 0.248 e. The standard InChI is InChI=1S/C13H25NO2/c1-10(2)11-7-6-8-14(11)12(15)9-16-13(3,4)5/h10-11H,6-9H2,1-5H3. The summed E-state index contributed by atoms with van der Waals surface area (Å²) >= 11 is 0. The van der Waals surface area contributed by atoms with E-state index in [0.29, 0.717) is 12.0 Å². The molecule has 0 aromatic heterocycles. The molecule has 0 N–H and O–H groups in total. The molecule has 3 heteroatoms. The molecule has 1 rings (SSSR count). The van der Waals surface area contributed by atoms with E-state index in [1.807, 2.05) is 25.7 Å². The number of likely N-dealkylation sites (tertiary alicyclic amines) is 1. The number of rotatable bonds is 3. The van der Waals surface area contributed by atoms with Gasteiger partial charge in [0.2, 0.25) is 5.91 Å². The van der Waals surface area contributed by atoms with Gasteiger partial charge in [-0.1, -0.05) is 13.8 Å². The van der Waals surface area contributed by atoms with Crippen molar-refractivity contribution >= 4 is 5.91 Å². The molecule has 0 aromatic carbocycles. The monoisotopic (exact) mass is 227 g/mol. The van der Waals surface area contributed by atoms with Crippen molar-refractivity contribution in [3.05, 3.63) is 0 Å². The van der Waals surface area contributed by atoms with E-state index in [1.54, 1.807) is 0 Å². The molecule has 1 aliphatic rings. The van der Waals surface area contributed by atoms with Crippen molar-refractivity contribution in [3.8, 4) is 0 Å². The summed E-state index contributed by atoms with van der Waals surface area (Å²) in [6.07, 6.45) is 2.27. The molecular formula is C13H25NO2. The van der Waals surface area contributed by atoms with Crippen LogP contribution in [0.5, 0.6) is 0 Å². The third-order valence-corrected chi connectivity index (χ3v) is 3.02. The van der Waals surface area contributed by atoms with E-state index in [1.165, 1.54) is 0 Å². The first-order chi connectivity index (χ1) is 7.31. The largest absolute Gasteiger partial charge is 0.366 e. The van der Waals surface area contributed by atoms with E-state index in [0.717, 1.165) is 19.4 Å². The van der Waals surface area contributed by atoms with Crippen LogP contribution in [-0.2, 0) is 9.53 Å². The van der Waals surface area contributed by atoms with E-state index >= 15 is 0 Å². The Balaban J connectivity index is 2.47. The van der Waals surface area contributed by atoms with Gasteiger partial charge in [-0.3, -0.25) is 4.79 Å². The first kappa shape index (κ1) is 13.5. The molecular weight excluding hydrogens is 202 g/mol. The fourth-order valence-corrected chi connectivity index (χ4v) is 2.16. The third-order valence-electron chi connectivity index (χ3n) is 3.02. The summed E-state index contributed by atoms with van der Waals surface area (Å²) in [5.41, 5.74) is -0.233. The summed E-state index contributed by atoms with van der Waals surface area (Å²) in [5, 5.41) is 0. The predicted octanol–water partition coefficient (Wildman–Crippen LogP) is 2.45. The Hall–Kier alpha value is -0.570. The highest BCUT2D eigenvalue weighted by Crippen LogP contribution is 2.24. The zero-order valence-electron chi connectivity index (χ0n) is 11.2. The third kappa shape index (κ3) is 3.78. The van der Waals surface area contributed by atoms with Gasteiger partial charge in [-0.25, -0.2) is 0 Å². The van der Waals surface area contributed by atoms with Crippen LogP contribution >= 0.6 is 0 Å². The molecule has 1 atom stereocenters. The van der Waals surface area contributed by atoms with E-state index in [9.17, 15) is 4.79 Å². The minimum Gasteiger partial charge on any atom is -0.366 e. The lowest BCUT2D eigenvalue weighted by Gasteiger charge is -2.29. The van der Waals surface area contributed by atoms with E-state index in [-0.39, 0.29) is 18.1 Å². The first-order valence-electron chi connectivity index (χ1n) is 6.24. The molecule has 16 heavy (non-hydrogen) atoms. The fraction of sp³-hybridized carbons (Fsp3) is 0.923. The Labute approximate surface area is 99.1 Å². The second-order valence-electron chi connectivity index (χ2n) is 5.94. The minimum absolute atomic E-state index is 0.145. The zero-order chi connectivity index (χ0) is 12.3. The van der Waals surface area contributed by atoms with Crippen LogP contribution in [0.25, 0.3) is 0 Å². The lowest BCUT2D eigenvalue weighted by molar-refractivity contribution is -0.142. The second-order valence-corrected chi connectivity index (χ2v) is 5.94. The molecule has 1 heterocycles. The van der Waals surface area contributed by atoms with Gasteiger partial charge in [0, 0.05) is 12.6 Å². The van der Waals surface area contributed by atoms with Gasteiger partial charge in [-0.05, 0) is 39.5 Å². The summed E-state index contributed by atoms with van der Waals surface area (Å²) in [6.45, 7) is 11.4. The van der Waals surface area contributed by atoms with Crippen LogP contribution in [-0.4, -0.2) is 35.6 Å². The number of carbonyl (C=O) groups is 1. The van der Waals surface area contributed by atoms with Crippen molar-refractivity contribution in [2.45, 2.75) is 59.1 Å². The predicted molar refractivity (Wildman–Crippen MR) is 65.3 cm³/mol. The van der Waals surface area contributed by atoms with Gasteiger partial charge in [-0.15, -0.1) is 0 Å². The molecule has 3 nitrogen and oxygen atoms in total. The van der Waals surface area contributed by atoms with Gasteiger partial charge in [0.25, 0.3) is 0 Å². The quantitative estimate of drug-likeness (QED) is 0.741. The molecule has 1 saturated heterocycles. The molecule has 1 fully saturated rings. The summed E-state index contributed by atoms with van der Waals surface area (Å²) in [5.74, 6) is 0.687. The van der Waals surface area contributed by atoms with Crippen LogP contribution in [0.15, 0.2) is 0 Å². The Morgan fingerprint density at radius 1 is 1.44 bits per heavy atom. The number of carbonyl (C=O) groups excluding carboxylic acids is 1. The van der Waals surface area contributed by atoms with Gasteiger partial charge in [0.1, 0.15) is 6.61 Å². The van der Waals surface area contributed by atoms with Crippen LogP contribution < -0.4 is 0 Å². The highest BCUT2D eigenvalue weighted by Gasteiger charge is 2.31. The van der Waals surface area contributed by atoms with Gasteiger partial charge in [0.15, 0.2) is 0 Å². The van der Waals surface area contributed by atoms with Crippen LogP contribution in [0.1, 0.15) is 47.5 Å². The van der Waals surface area contributed by atoms with Gasteiger partial charge in [-0.2, -0.15) is 0 Å². The fourth-order valence-electron chi connectivity index (χ4n) is 2.16. The molecule has 0 aromatic rings. The Morgan fingerprint density at radius 3 is 2.56 bits per heavy atom. The average molecular weight is 227 g/mol. The zero-order valence-corrected chi connectivity index (χ0v) is 11.2. The van der Waals surface area contributed by atoms with Gasteiger partial charge >= 0.3 is 0 Å². The maximum absolute atomic E-state index is 12.0. The van der Waals surface area contributed by atoms with Crippen LogP contribution in [0.4, 0.5) is 0 Å². The normalized spacial score (nSPS) is 21.9. The summed E-state index contributed by atoms with van der Waals surface area (Å²) in [4.78, 5) is 14.0. The highest BCUT2D eigenvalue weighted by atomic mass is 16.5. The van der Waals surface area contributed by atoms with Gasteiger partial charge in [0.05, 0.1) is 5.60 Å². The number of amides is 1. The van der Waals surface area contributed by atoms with Crippen LogP contribution in [0, 0.1) is 5.92 Å². The lowest BCUT2D eigenvalue weighted by atomic mass is 10.0. The lowest BCUT2D eigenvalue weighted by Crippen LogP contribution is -2.41. The second kappa shape index (κ2) is 5.17. The molecule has 0 spiro atoms. The maximum Gasteiger partial charge on any atom is 0.248 e. The van der Waals surface area contributed by atoms with E-state index in [4.69, 9.17) is 4.74 Å². The number of hydrogen-bond donors (Lipinski definition) is 0. The Bertz CT molecular complexity index is 243. The maximum atomic E-state index is 12.0. The molecule has 94 valence electrons. The first-order valence-corrected chi connectivity index (χ1v) is 6.24. The molecule has 1 amide bonds. The van der Waals surface area contributed by atoms with Crippen molar-refractivity contribution in [1.82, 2.24) is 4.90 Å². The average Bonchev–Trinajstić information content (AvgIpc) is 2.61. The van der Waals surface area contributed by atoms with Crippen molar-refractivity contribution < 1.29 is 9.53 Å². The van der Waals surface area contributed by atoms with Crippen molar-refractivity contribution in [2.75, 3.05) is 13.2 Å². The summed E-state index contributed by atoms with van der Waals surface area (Å²) in [6, 6.07) is 0.413. The number of ether oxygens (including phenoxy) is 1. The minimum atomic E-state index is -0.233. The van der Waals surface area contributed by atoms with Crippen molar-refractivity contribution in [1.29, 1.82) is 0 Å². The van der Waals surface area contributed by atoms with E-state index < -0.39 is 0 Å². The number of hydrogen-bond acceptors (Lipinski definition) is 2. The summed E-state index contributed by atoms with van der Waals surface area (Å²) < 4.78 is 5.54. The molecule has 1 unspecified atom stereocenters. The Kier molecular flexibility index (Phi) is 4.36. The summed E-state index contributed by atoms with van der Waals surface area (Å²) in [7, 11) is 0. The molecule has 1 aliphatic heterocycles. The molecule has 0 bridgehead atoms. The highest BCUT2D eigenvalue weighted by molar-refractivity contribution is 5.78. The van der Waals surface area contributed by atoms with Crippen LogP contribution in [0.2, 0.25) is 0 Å². The molecule has 0 aliphatic carbocycles. The Morgan fingerprint density at radius 2 is 2.06 bits per heavy atom. The van der Waals surface area contributed by atoms with Crippen molar-refractivity contribution in [2.24, 2.45) is 5.92 Å². The molecule has 0 saturated carbocycles. The number of nitrogens with zero attached hydrogens (tertiary/aromatic N) is 1. The van der Waals surface area contributed by atoms with Crippen molar-refractivity contribution in [3.63, 3.8) is 0 Å². The topological polar surface area (TPSA) is 29.5 Å². The SMILES string of the molecule is CC(C)C1CCCN1C(=O)COC(C)(C)C. The molecule has 0 radical (unpaired) electrons. The van der Waals surface area contributed by atoms with E-state index in [2.05, 4.69) is 13.8 Å². The van der Waals surface area contributed by atoms with Gasteiger partial charge < -0.3 is 9.64 Å². The van der Waals surface area contributed by atoms with Crippen LogP contribution in [0.3, 0.4) is 0 Å².